The van der Waals surface area contributed by atoms with Crippen LogP contribution in [0.4, 0.5) is 5.69 Å². The molecule has 2 rings (SSSR count). The van der Waals surface area contributed by atoms with Gasteiger partial charge in [-0.1, -0.05) is 25.4 Å². The van der Waals surface area contributed by atoms with Crippen LogP contribution in [0.5, 0.6) is 5.75 Å². The van der Waals surface area contributed by atoms with E-state index in [1.807, 2.05) is 0 Å². The second-order valence-corrected chi connectivity index (χ2v) is 5.86. The first-order valence-corrected chi connectivity index (χ1v) is 6.54. The van der Waals surface area contributed by atoms with Crippen LogP contribution in [0.2, 0.25) is 5.02 Å². The van der Waals surface area contributed by atoms with Crippen molar-refractivity contribution in [1.29, 1.82) is 0 Å². The average Bonchev–Trinajstić information content (AvgIpc) is 2.95. The topological polar surface area (TPSA) is 75.6 Å². The molecule has 6 heteroatoms. The molecule has 20 heavy (non-hydrogen) atoms. The Hall–Kier alpha value is -1.75. The van der Waals surface area contributed by atoms with E-state index in [9.17, 15) is 9.59 Å². The van der Waals surface area contributed by atoms with Crippen LogP contribution >= 0.6 is 11.6 Å². The minimum absolute atomic E-state index is 0.299. The Labute approximate surface area is 121 Å². The molecule has 0 spiro atoms. The highest BCUT2D eigenvalue weighted by Crippen LogP contribution is 2.58. The van der Waals surface area contributed by atoms with Crippen molar-refractivity contribution in [2.45, 2.75) is 13.8 Å². The first-order valence-electron chi connectivity index (χ1n) is 6.16. The standard InChI is InChI=1S/C14H16ClNO4/c1-14(2)10(11(14)13(18)19)12(17)16-7-4-5-8(15)9(6-7)20-3/h4-6,10-11H,1-3H3,(H,16,17)(H,18,19)/t10-,11+/m0/s1. The van der Waals surface area contributed by atoms with Gasteiger partial charge >= 0.3 is 5.97 Å². The minimum atomic E-state index is -0.941. The summed E-state index contributed by atoms with van der Waals surface area (Å²) >= 11 is 5.90. The summed E-state index contributed by atoms with van der Waals surface area (Å²) in [5, 5.41) is 12.2. The van der Waals surface area contributed by atoms with Crippen LogP contribution in [0.25, 0.3) is 0 Å². The Kier molecular flexibility index (Phi) is 3.65. The molecule has 5 nitrogen and oxygen atoms in total. The first-order chi connectivity index (χ1) is 9.28. The third-order valence-corrected chi connectivity index (χ3v) is 4.11. The number of amides is 1. The fourth-order valence-electron chi connectivity index (χ4n) is 2.55. The quantitative estimate of drug-likeness (QED) is 0.896. The molecule has 1 aliphatic rings. The van der Waals surface area contributed by atoms with Crippen molar-refractivity contribution >= 4 is 29.2 Å². The van der Waals surface area contributed by atoms with Gasteiger partial charge in [-0.3, -0.25) is 9.59 Å². The number of benzene rings is 1. The summed E-state index contributed by atoms with van der Waals surface area (Å²) in [5.74, 6) is -1.96. The highest BCUT2D eigenvalue weighted by Gasteiger charge is 2.65. The zero-order chi connectivity index (χ0) is 15.1. The van der Waals surface area contributed by atoms with Gasteiger partial charge in [-0.25, -0.2) is 0 Å². The monoisotopic (exact) mass is 297 g/mol. The molecular weight excluding hydrogens is 282 g/mol. The number of hydrogen-bond donors (Lipinski definition) is 2. The zero-order valence-electron chi connectivity index (χ0n) is 11.4. The van der Waals surface area contributed by atoms with Gasteiger partial charge in [0, 0.05) is 11.8 Å². The smallest absolute Gasteiger partial charge is 0.307 e. The molecule has 0 aromatic heterocycles. The van der Waals surface area contributed by atoms with Crippen molar-refractivity contribution < 1.29 is 19.4 Å². The number of halogens is 1. The number of hydrogen-bond acceptors (Lipinski definition) is 3. The Morgan fingerprint density at radius 2 is 2.00 bits per heavy atom. The summed E-state index contributed by atoms with van der Waals surface area (Å²) in [6.45, 7) is 3.55. The van der Waals surface area contributed by atoms with Crippen LogP contribution < -0.4 is 10.1 Å². The summed E-state index contributed by atoms with van der Waals surface area (Å²) in [4.78, 5) is 23.2. The van der Waals surface area contributed by atoms with E-state index >= 15 is 0 Å². The van der Waals surface area contributed by atoms with Gasteiger partial charge in [0.15, 0.2) is 0 Å². The number of rotatable bonds is 4. The number of carbonyl (C=O) groups excluding carboxylic acids is 1. The van der Waals surface area contributed by atoms with Crippen molar-refractivity contribution in [3.8, 4) is 5.75 Å². The van der Waals surface area contributed by atoms with Crippen LogP contribution in [0.3, 0.4) is 0 Å². The van der Waals surface area contributed by atoms with E-state index in [0.29, 0.717) is 16.5 Å². The van der Waals surface area contributed by atoms with Crippen LogP contribution in [0.15, 0.2) is 18.2 Å². The first kappa shape index (κ1) is 14.7. The van der Waals surface area contributed by atoms with Gasteiger partial charge in [0.05, 0.1) is 24.0 Å². The SMILES string of the molecule is COc1cc(NC(=O)[C@@H]2[C@H](C(=O)O)C2(C)C)ccc1Cl. The zero-order valence-corrected chi connectivity index (χ0v) is 12.2. The van der Waals surface area contributed by atoms with E-state index in [2.05, 4.69) is 5.32 Å². The lowest BCUT2D eigenvalue weighted by Crippen LogP contribution is -2.17. The predicted molar refractivity (Wildman–Crippen MR) is 75.0 cm³/mol. The molecule has 0 unspecified atom stereocenters. The number of carbonyl (C=O) groups is 2. The molecule has 2 N–H and O–H groups in total. The number of methoxy groups -OCH3 is 1. The number of anilines is 1. The lowest BCUT2D eigenvalue weighted by atomic mass is 10.1. The van der Waals surface area contributed by atoms with E-state index in [0.717, 1.165) is 0 Å². The molecule has 0 heterocycles. The largest absolute Gasteiger partial charge is 0.495 e. The molecule has 1 saturated carbocycles. The van der Waals surface area contributed by atoms with Crippen LogP contribution in [0.1, 0.15) is 13.8 Å². The molecule has 108 valence electrons. The fourth-order valence-corrected chi connectivity index (χ4v) is 2.74. The van der Waals surface area contributed by atoms with Crippen LogP contribution in [0, 0.1) is 17.3 Å². The maximum atomic E-state index is 12.1. The van der Waals surface area contributed by atoms with Crippen molar-refractivity contribution in [1.82, 2.24) is 0 Å². The van der Waals surface area contributed by atoms with Gasteiger partial charge in [0.2, 0.25) is 5.91 Å². The van der Waals surface area contributed by atoms with E-state index in [1.165, 1.54) is 7.11 Å². The molecular formula is C14H16ClNO4. The van der Waals surface area contributed by atoms with Gasteiger partial charge in [-0.05, 0) is 17.5 Å². The Morgan fingerprint density at radius 3 is 2.50 bits per heavy atom. The molecule has 0 aliphatic heterocycles. The maximum absolute atomic E-state index is 12.1. The van der Waals surface area contributed by atoms with E-state index in [1.54, 1.807) is 32.0 Å². The third kappa shape index (κ3) is 2.45. The molecule has 0 saturated heterocycles. The number of aliphatic carboxylic acids is 1. The maximum Gasteiger partial charge on any atom is 0.307 e. The molecule has 1 aromatic rings. The van der Waals surface area contributed by atoms with Gasteiger partial charge in [0.25, 0.3) is 0 Å². The molecule has 1 aliphatic carbocycles. The van der Waals surface area contributed by atoms with Crippen molar-refractivity contribution in [3.05, 3.63) is 23.2 Å². The normalized spacial score (nSPS) is 23.0. The summed E-state index contributed by atoms with van der Waals surface area (Å²) < 4.78 is 5.07. The summed E-state index contributed by atoms with van der Waals surface area (Å²) in [7, 11) is 1.48. The van der Waals surface area contributed by atoms with E-state index < -0.39 is 23.2 Å². The Balaban J connectivity index is 2.12. The summed E-state index contributed by atoms with van der Waals surface area (Å²) in [6.07, 6.45) is 0. The molecule has 2 atom stereocenters. The number of carboxylic acids is 1. The van der Waals surface area contributed by atoms with Gasteiger partial charge in [-0.2, -0.15) is 0 Å². The van der Waals surface area contributed by atoms with Crippen LogP contribution in [-0.4, -0.2) is 24.1 Å². The van der Waals surface area contributed by atoms with Crippen LogP contribution in [-0.2, 0) is 9.59 Å². The van der Waals surface area contributed by atoms with Crippen molar-refractivity contribution in [3.63, 3.8) is 0 Å². The van der Waals surface area contributed by atoms with Gasteiger partial charge < -0.3 is 15.2 Å². The second-order valence-electron chi connectivity index (χ2n) is 5.45. The third-order valence-electron chi connectivity index (χ3n) is 3.79. The van der Waals surface area contributed by atoms with E-state index in [-0.39, 0.29) is 5.91 Å². The number of carboxylic acid groups (broad SMARTS) is 1. The summed E-state index contributed by atoms with van der Waals surface area (Å²) in [5.41, 5.74) is 0.00924. The average molecular weight is 298 g/mol. The molecule has 1 aromatic carbocycles. The minimum Gasteiger partial charge on any atom is -0.495 e. The van der Waals surface area contributed by atoms with E-state index in [4.69, 9.17) is 21.4 Å². The number of ether oxygens (including phenoxy) is 1. The van der Waals surface area contributed by atoms with Crippen molar-refractivity contribution in [2.75, 3.05) is 12.4 Å². The Bertz CT molecular complexity index is 570. The number of nitrogens with one attached hydrogen (secondary N) is 1. The van der Waals surface area contributed by atoms with Gasteiger partial charge in [0.1, 0.15) is 5.75 Å². The molecule has 1 fully saturated rings. The highest BCUT2D eigenvalue weighted by molar-refractivity contribution is 6.32. The van der Waals surface area contributed by atoms with Gasteiger partial charge in [-0.15, -0.1) is 0 Å². The molecule has 0 radical (unpaired) electrons. The molecule has 1 amide bonds. The highest BCUT2D eigenvalue weighted by atomic mass is 35.5. The Morgan fingerprint density at radius 1 is 1.35 bits per heavy atom. The van der Waals surface area contributed by atoms with Crippen molar-refractivity contribution in [2.24, 2.45) is 17.3 Å². The summed E-state index contributed by atoms with van der Waals surface area (Å²) in [6, 6.07) is 4.86. The molecule has 0 bridgehead atoms. The lowest BCUT2D eigenvalue weighted by Gasteiger charge is -2.09. The fraction of sp³-hybridized carbons (Fsp3) is 0.429. The lowest BCUT2D eigenvalue weighted by molar-refractivity contribution is -0.140. The second kappa shape index (κ2) is 4.98. The predicted octanol–water partition coefficient (Wildman–Crippen LogP) is 2.64.